The van der Waals surface area contributed by atoms with Gasteiger partial charge in [0.15, 0.2) is 0 Å². The summed E-state index contributed by atoms with van der Waals surface area (Å²) in [6, 6.07) is 3.74. The van der Waals surface area contributed by atoms with Crippen LogP contribution in [0.2, 0.25) is 0 Å². The Kier molecular flexibility index (Phi) is 3.79. The van der Waals surface area contributed by atoms with Crippen molar-refractivity contribution < 1.29 is 14.1 Å². The van der Waals surface area contributed by atoms with E-state index in [2.05, 4.69) is 25.9 Å². The Morgan fingerprint density at radius 3 is 2.70 bits per heavy atom. The van der Waals surface area contributed by atoms with E-state index in [-0.39, 0.29) is 23.3 Å². The lowest BCUT2D eigenvalue weighted by molar-refractivity contribution is -0.386. The molecule has 0 saturated carbocycles. The number of nitro groups is 1. The number of halogens is 2. The summed E-state index contributed by atoms with van der Waals surface area (Å²) in [5, 5.41) is 11.0. The zero-order chi connectivity index (χ0) is 14.9. The van der Waals surface area contributed by atoms with Crippen molar-refractivity contribution in [3.05, 3.63) is 44.3 Å². The van der Waals surface area contributed by atoms with Gasteiger partial charge in [-0.15, -0.1) is 0 Å². The van der Waals surface area contributed by atoms with Crippen LogP contribution in [0.1, 0.15) is 5.69 Å². The van der Waals surface area contributed by atoms with Crippen molar-refractivity contribution >= 4 is 27.6 Å². The summed E-state index contributed by atoms with van der Waals surface area (Å²) in [5.41, 5.74) is 5.08. The lowest BCUT2D eigenvalue weighted by Gasteiger charge is -2.07. The molecule has 0 fully saturated rings. The lowest BCUT2D eigenvalue weighted by atomic mass is 10.3. The fourth-order valence-electron chi connectivity index (χ4n) is 1.54. The third-order valence-electron chi connectivity index (χ3n) is 2.28. The molecule has 2 rings (SSSR count). The van der Waals surface area contributed by atoms with Gasteiger partial charge in [-0.3, -0.25) is 10.1 Å². The predicted molar refractivity (Wildman–Crippen MR) is 72.0 cm³/mol. The molecule has 104 valence electrons. The molecule has 1 aromatic heterocycles. The van der Waals surface area contributed by atoms with Gasteiger partial charge in [0, 0.05) is 10.5 Å². The minimum atomic E-state index is -0.682. The fraction of sp³-hybridized carbons (Fsp3) is 0.0909. The number of rotatable bonds is 3. The predicted octanol–water partition coefficient (Wildman–Crippen LogP) is 2.97. The van der Waals surface area contributed by atoms with E-state index in [0.717, 1.165) is 6.07 Å². The Morgan fingerprint density at radius 2 is 2.10 bits per heavy atom. The number of ether oxygens (including phenoxy) is 1. The van der Waals surface area contributed by atoms with Gasteiger partial charge < -0.3 is 10.5 Å². The molecular weight excluding hydrogens is 335 g/mol. The van der Waals surface area contributed by atoms with Crippen LogP contribution in [0.3, 0.4) is 0 Å². The zero-order valence-electron chi connectivity index (χ0n) is 10.1. The number of nitrogen functional groups attached to an aromatic ring is 1. The average molecular weight is 343 g/mol. The summed E-state index contributed by atoms with van der Waals surface area (Å²) in [5.74, 6) is -1.01. The van der Waals surface area contributed by atoms with E-state index in [1.54, 1.807) is 0 Å². The normalized spacial score (nSPS) is 10.3. The molecular formula is C11H8BrFN4O3. The first-order valence-corrected chi connectivity index (χ1v) is 6.08. The van der Waals surface area contributed by atoms with Gasteiger partial charge in [-0.25, -0.2) is 9.37 Å². The molecule has 2 aromatic rings. The number of hydrogen-bond donors (Lipinski definition) is 1. The van der Waals surface area contributed by atoms with Crippen LogP contribution < -0.4 is 10.5 Å². The quantitative estimate of drug-likeness (QED) is 0.679. The number of benzene rings is 1. The van der Waals surface area contributed by atoms with Gasteiger partial charge in [-0.2, -0.15) is 4.98 Å². The molecule has 0 saturated heterocycles. The third kappa shape index (κ3) is 2.99. The minimum Gasteiger partial charge on any atom is -0.433 e. The maximum absolute atomic E-state index is 13.2. The van der Waals surface area contributed by atoms with Gasteiger partial charge in [0.25, 0.3) is 0 Å². The highest BCUT2D eigenvalue weighted by Crippen LogP contribution is 2.33. The Labute approximate surface area is 120 Å². The second-order valence-electron chi connectivity index (χ2n) is 3.79. The van der Waals surface area contributed by atoms with E-state index in [9.17, 15) is 14.5 Å². The van der Waals surface area contributed by atoms with Gasteiger partial charge in [-0.05, 0) is 19.1 Å². The first-order chi connectivity index (χ1) is 9.36. The van der Waals surface area contributed by atoms with Crippen molar-refractivity contribution in [3.8, 4) is 11.6 Å². The summed E-state index contributed by atoms with van der Waals surface area (Å²) < 4.78 is 18.9. The van der Waals surface area contributed by atoms with Gasteiger partial charge in [0.05, 0.1) is 4.92 Å². The number of hydrogen-bond acceptors (Lipinski definition) is 6. The SMILES string of the molecule is Cc1nc(N)nc(Oc2cc(F)cc(Br)c2)c1[N+](=O)[O-]. The Balaban J connectivity index is 2.49. The maximum atomic E-state index is 13.2. The van der Waals surface area contributed by atoms with Gasteiger partial charge in [-0.1, -0.05) is 15.9 Å². The van der Waals surface area contributed by atoms with E-state index in [1.807, 2.05) is 0 Å². The first kappa shape index (κ1) is 14.1. The lowest BCUT2D eigenvalue weighted by Crippen LogP contribution is -2.04. The molecule has 9 heteroatoms. The summed E-state index contributed by atoms with van der Waals surface area (Å²) in [6.07, 6.45) is 0. The van der Waals surface area contributed by atoms with E-state index in [0.29, 0.717) is 4.47 Å². The average Bonchev–Trinajstić information content (AvgIpc) is 2.25. The van der Waals surface area contributed by atoms with Crippen LogP contribution >= 0.6 is 15.9 Å². The van der Waals surface area contributed by atoms with E-state index < -0.39 is 16.4 Å². The van der Waals surface area contributed by atoms with Crippen molar-refractivity contribution in [3.63, 3.8) is 0 Å². The van der Waals surface area contributed by atoms with E-state index in [4.69, 9.17) is 10.5 Å². The fourth-order valence-corrected chi connectivity index (χ4v) is 1.99. The summed E-state index contributed by atoms with van der Waals surface area (Å²) >= 11 is 3.09. The molecule has 0 aliphatic rings. The largest absolute Gasteiger partial charge is 0.433 e. The maximum Gasteiger partial charge on any atom is 0.352 e. The minimum absolute atomic E-state index is 0.0532. The van der Waals surface area contributed by atoms with Gasteiger partial charge >= 0.3 is 11.6 Å². The third-order valence-corrected chi connectivity index (χ3v) is 2.73. The molecule has 0 radical (unpaired) electrons. The van der Waals surface area contributed by atoms with Gasteiger partial charge in [0.2, 0.25) is 5.95 Å². The summed E-state index contributed by atoms with van der Waals surface area (Å²) in [6.45, 7) is 1.41. The van der Waals surface area contributed by atoms with Crippen LogP contribution in [0.25, 0.3) is 0 Å². The number of aryl methyl sites for hydroxylation is 1. The van der Waals surface area contributed by atoms with Crippen LogP contribution in [0, 0.1) is 22.9 Å². The van der Waals surface area contributed by atoms with E-state index in [1.165, 1.54) is 19.1 Å². The molecule has 0 bridgehead atoms. The van der Waals surface area contributed by atoms with Crippen molar-refractivity contribution in [2.24, 2.45) is 0 Å². The van der Waals surface area contributed by atoms with E-state index >= 15 is 0 Å². The molecule has 20 heavy (non-hydrogen) atoms. The standard InChI is InChI=1S/C11H8BrFN4O3/c1-5-9(17(18)19)10(16-11(14)15-5)20-8-3-6(12)2-7(13)4-8/h2-4H,1H3,(H2,14,15,16). The highest BCUT2D eigenvalue weighted by Gasteiger charge is 2.23. The first-order valence-electron chi connectivity index (χ1n) is 5.29. The summed E-state index contributed by atoms with van der Waals surface area (Å²) in [4.78, 5) is 17.7. The Morgan fingerprint density at radius 1 is 1.40 bits per heavy atom. The topological polar surface area (TPSA) is 104 Å². The van der Waals surface area contributed by atoms with Crippen molar-refractivity contribution in [1.29, 1.82) is 0 Å². The van der Waals surface area contributed by atoms with Crippen LogP contribution in [0.15, 0.2) is 22.7 Å². The van der Waals surface area contributed by atoms with Crippen LogP contribution in [0.4, 0.5) is 16.0 Å². The van der Waals surface area contributed by atoms with Gasteiger partial charge in [0.1, 0.15) is 17.3 Å². The highest BCUT2D eigenvalue weighted by molar-refractivity contribution is 9.10. The molecule has 0 aliphatic heterocycles. The second-order valence-corrected chi connectivity index (χ2v) is 4.70. The van der Waals surface area contributed by atoms with Crippen molar-refractivity contribution in [2.75, 3.05) is 5.73 Å². The molecule has 1 heterocycles. The molecule has 0 amide bonds. The van der Waals surface area contributed by atoms with Crippen molar-refractivity contribution in [1.82, 2.24) is 9.97 Å². The van der Waals surface area contributed by atoms with Crippen LogP contribution in [0.5, 0.6) is 11.6 Å². The van der Waals surface area contributed by atoms with Crippen LogP contribution in [-0.2, 0) is 0 Å². The number of nitrogens with two attached hydrogens (primary N) is 1. The second kappa shape index (κ2) is 5.37. The monoisotopic (exact) mass is 342 g/mol. The number of anilines is 1. The Hall–Kier alpha value is -2.29. The number of aromatic nitrogens is 2. The zero-order valence-corrected chi connectivity index (χ0v) is 11.7. The molecule has 7 nitrogen and oxygen atoms in total. The molecule has 0 aliphatic carbocycles. The van der Waals surface area contributed by atoms with Crippen molar-refractivity contribution in [2.45, 2.75) is 6.92 Å². The van der Waals surface area contributed by atoms with Crippen LogP contribution in [-0.4, -0.2) is 14.9 Å². The smallest absolute Gasteiger partial charge is 0.352 e. The molecule has 0 unspecified atom stereocenters. The summed E-state index contributed by atoms with van der Waals surface area (Å²) in [7, 11) is 0. The molecule has 0 spiro atoms. The molecule has 2 N–H and O–H groups in total. The molecule has 1 aromatic carbocycles. The highest BCUT2D eigenvalue weighted by atomic mass is 79.9. The Bertz CT molecular complexity index is 675. The molecule has 0 atom stereocenters. The number of nitrogens with zero attached hydrogens (tertiary/aromatic N) is 3.